The van der Waals surface area contributed by atoms with Gasteiger partial charge in [-0.15, -0.1) is 0 Å². The fourth-order valence-corrected chi connectivity index (χ4v) is 0.368. The van der Waals surface area contributed by atoms with Crippen LogP contribution >= 0.6 is 0 Å². The van der Waals surface area contributed by atoms with E-state index in [4.69, 9.17) is 0 Å². The fraction of sp³-hybridized carbons (Fsp3) is 0.200. The van der Waals surface area contributed by atoms with E-state index in [1.165, 1.54) is 0 Å². The number of hydrogen-bond donors (Lipinski definition) is 0. The second-order valence-electron chi connectivity index (χ2n) is 1.53. The molecule has 0 amide bonds. The van der Waals surface area contributed by atoms with Crippen molar-refractivity contribution in [1.29, 1.82) is 0 Å². The first-order valence-corrected chi connectivity index (χ1v) is 2.17. The van der Waals surface area contributed by atoms with Crippen LogP contribution in [-0.4, -0.2) is 11.7 Å². The highest BCUT2D eigenvalue weighted by Crippen LogP contribution is 2.06. The summed E-state index contributed by atoms with van der Waals surface area (Å²) in [5.74, 6) is -0.442. The second kappa shape index (κ2) is 1.43. The molecule has 0 spiro atoms. The third kappa shape index (κ3) is 0.521. The zero-order valence-corrected chi connectivity index (χ0v) is 4.47. The Kier molecular flexibility index (Phi) is 0.901. The van der Waals surface area contributed by atoms with Crippen molar-refractivity contribution in [2.45, 2.75) is 6.92 Å². The van der Waals surface area contributed by atoms with Crippen molar-refractivity contribution in [3.8, 4) is 0 Å². The summed E-state index contributed by atoms with van der Waals surface area (Å²) in [6.45, 7) is 5.08. The monoisotopic (exact) mass is 111 g/mol. The van der Waals surface area contributed by atoms with Crippen LogP contribution in [0.2, 0.25) is 0 Å². The highest BCUT2D eigenvalue weighted by molar-refractivity contribution is 6.20. The van der Waals surface area contributed by atoms with Crippen LogP contribution in [0, 0.1) is 0 Å². The number of nitrogens with zero attached hydrogens (tertiary/aromatic N) is 1. The zero-order chi connectivity index (χ0) is 6.15. The first-order valence-electron chi connectivity index (χ1n) is 2.17. The molecule has 1 heterocycles. The maximum absolute atomic E-state index is 10.3. The topological polar surface area (TPSA) is 38.7 Å². The van der Waals surface area contributed by atoms with Crippen LogP contribution in [0.3, 0.4) is 0 Å². The molecule has 3 nitrogen and oxygen atoms in total. The summed E-state index contributed by atoms with van der Waals surface area (Å²) in [7, 11) is 0. The molecule has 0 aromatic heterocycles. The van der Waals surface area contributed by atoms with E-state index >= 15 is 0 Å². The lowest BCUT2D eigenvalue weighted by molar-refractivity contribution is -0.136. The number of carbonyl (C=O) groups excluding carboxylic acids is 1. The van der Waals surface area contributed by atoms with Gasteiger partial charge in [0.15, 0.2) is 0 Å². The van der Waals surface area contributed by atoms with E-state index in [0.29, 0.717) is 11.3 Å². The Hall–Kier alpha value is -1.12. The van der Waals surface area contributed by atoms with Crippen LogP contribution in [0.4, 0.5) is 0 Å². The van der Waals surface area contributed by atoms with E-state index in [2.05, 4.69) is 16.6 Å². The molecule has 0 unspecified atom stereocenters. The highest BCUT2D eigenvalue weighted by atomic mass is 16.7. The molecule has 42 valence electrons. The fourth-order valence-electron chi connectivity index (χ4n) is 0.368. The molecule has 0 aromatic rings. The summed E-state index contributed by atoms with van der Waals surface area (Å²) >= 11 is 0. The number of hydrogen-bond acceptors (Lipinski definition) is 3. The molecule has 1 rings (SSSR count). The molecule has 0 bridgehead atoms. The molecule has 0 aromatic carbocycles. The molecule has 1 aliphatic heterocycles. The van der Waals surface area contributed by atoms with Crippen LogP contribution in [0.1, 0.15) is 6.92 Å². The van der Waals surface area contributed by atoms with Crippen molar-refractivity contribution >= 4 is 11.7 Å². The molecule has 0 aliphatic carbocycles. The van der Waals surface area contributed by atoms with Gasteiger partial charge in [-0.3, -0.25) is 0 Å². The van der Waals surface area contributed by atoms with Gasteiger partial charge in [0.2, 0.25) is 0 Å². The molecule has 0 atom stereocenters. The van der Waals surface area contributed by atoms with Crippen molar-refractivity contribution in [1.82, 2.24) is 0 Å². The van der Waals surface area contributed by atoms with Gasteiger partial charge in [-0.2, -0.15) is 0 Å². The quantitative estimate of drug-likeness (QED) is 0.337. The Morgan fingerprint density at radius 1 is 1.75 bits per heavy atom. The first kappa shape index (κ1) is 5.03. The Bertz CT molecular complexity index is 181. The van der Waals surface area contributed by atoms with Crippen LogP contribution in [0.5, 0.6) is 0 Å². The number of rotatable bonds is 0. The largest absolute Gasteiger partial charge is 0.367 e. The third-order valence-electron chi connectivity index (χ3n) is 0.949. The van der Waals surface area contributed by atoms with E-state index in [-0.39, 0.29) is 0 Å². The average Bonchev–Trinajstić information content (AvgIpc) is 1.98. The Labute approximate surface area is 46.6 Å². The molecule has 0 radical (unpaired) electrons. The minimum absolute atomic E-state index is 0.352. The summed E-state index contributed by atoms with van der Waals surface area (Å²) in [5.41, 5.74) is 0.917. The van der Waals surface area contributed by atoms with Crippen molar-refractivity contribution in [3.05, 3.63) is 12.2 Å². The van der Waals surface area contributed by atoms with Crippen LogP contribution in [0.15, 0.2) is 17.3 Å². The van der Waals surface area contributed by atoms with Gasteiger partial charge < -0.3 is 4.84 Å². The van der Waals surface area contributed by atoms with Gasteiger partial charge in [-0.1, -0.05) is 11.7 Å². The van der Waals surface area contributed by atoms with E-state index in [1.54, 1.807) is 6.92 Å². The van der Waals surface area contributed by atoms with Gasteiger partial charge in [0.1, 0.15) is 0 Å². The molecule has 3 heteroatoms. The minimum Gasteiger partial charge on any atom is -0.312 e. The second-order valence-corrected chi connectivity index (χ2v) is 1.53. The molecule has 1 aliphatic rings. The van der Waals surface area contributed by atoms with E-state index in [1.807, 2.05) is 0 Å². The molecular formula is C5H5NO2. The Morgan fingerprint density at radius 2 is 2.38 bits per heavy atom. The molecule has 0 saturated heterocycles. The summed E-state index contributed by atoms with van der Waals surface area (Å²) in [6.07, 6.45) is 0. The maximum atomic E-state index is 10.3. The van der Waals surface area contributed by atoms with Crippen LogP contribution < -0.4 is 0 Å². The summed E-state index contributed by atoms with van der Waals surface area (Å²) in [4.78, 5) is 14.6. The number of carbonyl (C=O) groups is 1. The van der Waals surface area contributed by atoms with Crippen LogP contribution in [-0.2, 0) is 9.63 Å². The van der Waals surface area contributed by atoms with E-state index < -0.39 is 5.97 Å². The van der Waals surface area contributed by atoms with Gasteiger partial charge in [0.05, 0.1) is 11.3 Å². The smallest absolute Gasteiger partial charge is 0.312 e. The van der Waals surface area contributed by atoms with Crippen LogP contribution in [0.25, 0.3) is 0 Å². The third-order valence-corrected chi connectivity index (χ3v) is 0.949. The Balaban J connectivity index is 2.89. The lowest BCUT2D eigenvalue weighted by Gasteiger charge is -1.81. The predicted octanol–water partition coefficient (Wildman–Crippen LogP) is 0.475. The Morgan fingerprint density at radius 3 is 2.50 bits per heavy atom. The van der Waals surface area contributed by atoms with Gasteiger partial charge in [-0.25, -0.2) is 4.79 Å². The SMILES string of the molecule is C=C1C(=O)ON=C1C. The minimum atomic E-state index is -0.442. The standard InChI is InChI=1S/C5H5NO2/c1-3-4(2)6-8-5(3)7/h1H2,2H3. The van der Waals surface area contributed by atoms with Gasteiger partial charge in [0, 0.05) is 0 Å². The van der Waals surface area contributed by atoms with E-state index in [9.17, 15) is 4.79 Å². The van der Waals surface area contributed by atoms with Crippen molar-refractivity contribution in [2.24, 2.45) is 5.16 Å². The van der Waals surface area contributed by atoms with Gasteiger partial charge in [-0.05, 0) is 6.92 Å². The van der Waals surface area contributed by atoms with E-state index in [0.717, 1.165) is 0 Å². The van der Waals surface area contributed by atoms with Gasteiger partial charge >= 0.3 is 5.97 Å². The maximum Gasteiger partial charge on any atom is 0.367 e. The predicted molar refractivity (Wildman–Crippen MR) is 28.3 cm³/mol. The molecule has 8 heavy (non-hydrogen) atoms. The van der Waals surface area contributed by atoms with Crippen molar-refractivity contribution in [3.63, 3.8) is 0 Å². The lowest BCUT2D eigenvalue weighted by Crippen LogP contribution is -1.98. The van der Waals surface area contributed by atoms with Crippen molar-refractivity contribution < 1.29 is 9.63 Å². The average molecular weight is 111 g/mol. The van der Waals surface area contributed by atoms with Crippen molar-refractivity contribution in [2.75, 3.05) is 0 Å². The highest BCUT2D eigenvalue weighted by Gasteiger charge is 2.18. The number of oxime groups is 1. The zero-order valence-electron chi connectivity index (χ0n) is 4.47. The molecule has 0 saturated carbocycles. The summed E-state index contributed by atoms with van der Waals surface area (Å²) in [5, 5.41) is 3.37. The molecule has 0 N–H and O–H groups in total. The molecular weight excluding hydrogens is 106 g/mol. The van der Waals surface area contributed by atoms with Gasteiger partial charge in [0.25, 0.3) is 0 Å². The molecule has 0 fully saturated rings. The first-order chi connectivity index (χ1) is 3.72. The summed E-state index contributed by atoms with van der Waals surface area (Å²) in [6, 6.07) is 0. The lowest BCUT2D eigenvalue weighted by atomic mass is 10.2. The normalized spacial score (nSPS) is 18.4. The summed E-state index contributed by atoms with van der Waals surface area (Å²) < 4.78 is 0.